The Morgan fingerprint density at radius 3 is 2.73 bits per heavy atom. The largest absolute Gasteiger partial charge is 0.288 e. The molecule has 0 bridgehead atoms. The molecule has 0 amide bonds. The summed E-state index contributed by atoms with van der Waals surface area (Å²) in [5.41, 5.74) is 0. The first kappa shape index (κ1) is 10.4. The average Bonchev–Trinajstić information content (AvgIpc) is 1.97. The van der Waals surface area contributed by atoms with Gasteiger partial charge in [-0.3, -0.25) is 9.80 Å². The van der Waals surface area contributed by atoms with Crippen LogP contribution in [-0.4, -0.2) is 29.5 Å². The van der Waals surface area contributed by atoms with Gasteiger partial charge in [0.25, 0.3) is 0 Å². The molecule has 0 heterocycles. The van der Waals surface area contributed by atoms with E-state index in [1.54, 1.807) is 7.05 Å². The van der Waals surface area contributed by atoms with Crippen LogP contribution in [-0.2, 0) is 4.79 Å². The van der Waals surface area contributed by atoms with Crippen LogP contribution in [0.3, 0.4) is 0 Å². The predicted molar refractivity (Wildman–Crippen MR) is 46.2 cm³/mol. The van der Waals surface area contributed by atoms with E-state index >= 15 is 0 Å². The van der Waals surface area contributed by atoms with E-state index in [4.69, 9.17) is 0 Å². The van der Waals surface area contributed by atoms with Gasteiger partial charge in [-0.25, -0.2) is 0 Å². The van der Waals surface area contributed by atoms with Crippen molar-refractivity contribution in [2.75, 3.05) is 19.3 Å². The molecular formula is C6H12N2O2S. The minimum absolute atomic E-state index is 0.117. The van der Waals surface area contributed by atoms with E-state index < -0.39 is 0 Å². The van der Waals surface area contributed by atoms with Gasteiger partial charge >= 0.3 is 0 Å². The van der Waals surface area contributed by atoms with Crippen molar-refractivity contribution < 1.29 is 4.79 Å². The summed E-state index contributed by atoms with van der Waals surface area (Å²) in [6.07, 6.45) is 0.812. The Morgan fingerprint density at radius 2 is 2.27 bits per heavy atom. The Labute approximate surface area is 70.3 Å². The van der Waals surface area contributed by atoms with E-state index in [1.807, 2.05) is 0 Å². The summed E-state index contributed by atoms with van der Waals surface area (Å²) in [6, 6.07) is 0. The van der Waals surface area contributed by atoms with E-state index in [2.05, 4.69) is 5.29 Å². The summed E-state index contributed by atoms with van der Waals surface area (Å²) in [4.78, 5) is 20.3. The van der Waals surface area contributed by atoms with Gasteiger partial charge in [0.15, 0.2) is 5.12 Å². The lowest BCUT2D eigenvalue weighted by molar-refractivity contribution is -0.109. The average molecular weight is 176 g/mol. The summed E-state index contributed by atoms with van der Waals surface area (Å²) in [5.74, 6) is 0.759. The highest BCUT2D eigenvalue weighted by Gasteiger charge is 1.96. The highest BCUT2D eigenvalue weighted by molar-refractivity contribution is 8.13. The van der Waals surface area contributed by atoms with Gasteiger partial charge in [-0.15, -0.1) is 4.91 Å². The van der Waals surface area contributed by atoms with Crippen molar-refractivity contribution in [1.82, 2.24) is 5.01 Å². The first-order valence-corrected chi connectivity index (χ1v) is 4.33. The Kier molecular flexibility index (Phi) is 5.83. The molecule has 11 heavy (non-hydrogen) atoms. The van der Waals surface area contributed by atoms with Crippen LogP contribution in [0.1, 0.15) is 13.3 Å². The molecule has 64 valence electrons. The number of carbonyl (C=O) groups excluding carboxylic acids is 1. The summed E-state index contributed by atoms with van der Waals surface area (Å²) in [7, 11) is 1.62. The smallest absolute Gasteiger partial charge is 0.185 e. The van der Waals surface area contributed by atoms with Crippen LogP contribution < -0.4 is 0 Å². The zero-order chi connectivity index (χ0) is 8.69. The van der Waals surface area contributed by atoms with Crippen LogP contribution in [0.5, 0.6) is 0 Å². The molecule has 0 aliphatic heterocycles. The quantitative estimate of drug-likeness (QED) is 0.359. The summed E-state index contributed by atoms with van der Waals surface area (Å²) >= 11 is 1.27. The van der Waals surface area contributed by atoms with Gasteiger partial charge in [0, 0.05) is 26.3 Å². The van der Waals surface area contributed by atoms with E-state index in [0.29, 0.717) is 6.54 Å². The van der Waals surface area contributed by atoms with Crippen molar-refractivity contribution in [3.05, 3.63) is 4.91 Å². The lowest BCUT2D eigenvalue weighted by Crippen LogP contribution is -2.12. The van der Waals surface area contributed by atoms with E-state index in [0.717, 1.165) is 12.2 Å². The molecule has 5 heteroatoms. The monoisotopic (exact) mass is 176 g/mol. The summed E-state index contributed by atoms with van der Waals surface area (Å²) in [6.45, 7) is 2.15. The lowest BCUT2D eigenvalue weighted by atomic mass is 10.5. The van der Waals surface area contributed by atoms with Crippen molar-refractivity contribution in [1.29, 1.82) is 0 Å². The molecule has 0 radical (unpaired) electrons. The Balaban J connectivity index is 3.14. The number of thioether (sulfide) groups is 1. The number of rotatable bonds is 5. The first-order valence-electron chi connectivity index (χ1n) is 3.34. The van der Waals surface area contributed by atoms with Gasteiger partial charge in [-0.2, -0.15) is 0 Å². The van der Waals surface area contributed by atoms with Crippen LogP contribution in [0.25, 0.3) is 0 Å². The lowest BCUT2D eigenvalue weighted by Gasteiger charge is -2.05. The van der Waals surface area contributed by atoms with Gasteiger partial charge in [0.1, 0.15) is 0 Å². The molecule has 0 aromatic rings. The number of hydrogen-bond acceptors (Lipinski definition) is 4. The van der Waals surface area contributed by atoms with Crippen molar-refractivity contribution in [2.45, 2.75) is 13.3 Å². The highest BCUT2D eigenvalue weighted by Crippen LogP contribution is 2.03. The normalized spacial score (nSPS) is 9.27. The third-order valence-corrected chi connectivity index (χ3v) is 1.97. The molecule has 0 N–H and O–H groups in total. The molecule has 0 rings (SSSR count). The third kappa shape index (κ3) is 7.32. The van der Waals surface area contributed by atoms with Gasteiger partial charge in [0.2, 0.25) is 0 Å². The number of nitroso groups, excluding NO2 is 1. The van der Waals surface area contributed by atoms with Crippen molar-refractivity contribution in [3.63, 3.8) is 0 Å². The maximum Gasteiger partial charge on any atom is 0.185 e. The number of hydrogen-bond donors (Lipinski definition) is 0. The minimum Gasteiger partial charge on any atom is -0.288 e. The van der Waals surface area contributed by atoms with Crippen LogP contribution in [0.15, 0.2) is 5.29 Å². The van der Waals surface area contributed by atoms with Gasteiger partial charge in [0.05, 0.1) is 5.29 Å². The molecule has 4 nitrogen and oxygen atoms in total. The van der Waals surface area contributed by atoms with E-state index in [1.165, 1.54) is 23.7 Å². The third-order valence-electron chi connectivity index (χ3n) is 1.07. The standard InChI is InChI=1S/C6H12N2O2S/c1-6(9)11-5-3-4-8(2)7-10/h3-5H2,1-2H3. The van der Waals surface area contributed by atoms with E-state index in [9.17, 15) is 9.70 Å². The number of carbonyl (C=O) groups is 1. The fraction of sp³-hybridized carbons (Fsp3) is 0.833. The molecule has 0 atom stereocenters. The fourth-order valence-electron chi connectivity index (χ4n) is 0.550. The highest BCUT2D eigenvalue weighted by atomic mass is 32.2. The van der Waals surface area contributed by atoms with E-state index in [-0.39, 0.29) is 5.12 Å². The molecule has 0 aromatic carbocycles. The molecule has 0 unspecified atom stereocenters. The van der Waals surface area contributed by atoms with Gasteiger partial charge in [-0.05, 0) is 6.42 Å². The van der Waals surface area contributed by atoms with Gasteiger partial charge < -0.3 is 0 Å². The topological polar surface area (TPSA) is 49.7 Å². The van der Waals surface area contributed by atoms with Crippen molar-refractivity contribution in [2.24, 2.45) is 5.29 Å². The Morgan fingerprint density at radius 1 is 1.64 bits per heavy atom. The Hall–Kier alpha value is -0.580. The van der Waals surface area contributed by atoms with Crippen LogP contribution >= 0.6 is 11.8 Å². The molecule has 0 aromatic heterocycles. The zero-order valence-corrected chi connectivity index (χ0v) is 7.56. The second-order valence-electron chi connectivity index (χ2n) is 2.16. The molecular weight excluding hydrogens is 164 g/mol. The van der Waals surface area contributed by atoms with Gasteiger partial charge in [-0.1, -0.05) is 11.8 Å². The maximum absolute atomic E-state index is 10.4. The Bertz CT molecular complexity index is 141. The van der Waals surface area contributed by atoms with Crippen LogP contribution in [0, 0.1) is 4.91 Å². The van der Waals surface area contributed by atoms with Crippen molar-refractivity contribution >= 4 is 16.9 Å². The zero-order valence-electron chi connectivity index (χ0n) is 6.74. The fourth-order valence-corrected chi connectivity index (χ4v) is 1.11. The molecule has 0 aliphatic rings. The van der Waals surface area contributed by atoms with Crippen LogP contribution in [0.2, 0.25) is 0 Å². The maximum atomic E-state index is 10.4. The molecule has 0 spiro atoms. The first-order chi connectivity index (χ1) is 5.16. The number of nitrogens with zero attached hydrogens (tertiary/aromatic N) is 2. The molecule has 0 fully saturated rings. The minimum atomic E-state index is 0.117. The molecule has 0 aliphatic carbocycles. The SMILES string of the molecule is CC(=O)SCCCN(C)N=O. The second-order valence-corrected chi connectivity index (χ2v) is 3.43. The summed E-state index contributed by atoms with van der Waals surface area (Å²) < 4.78 is 0. The summed E-state index contributed by atoms with van der Waals surface area (Å²) in [5, 5.41) is 4.13. The van der Waals surface area contributed by atoms with Crippen molar-refractivity contribution in [3.8, 4) is 0 Å². The molecule has 0 saturated heterocycles. The second kappa shape index (κ2) is 6.15. The van der Waals surface area contributed by atoms with Crippen LogP contribution in [0.4, 0.5) is 0 Å². The molecule has 0 saturated carbocycles. The predicted octanol–water partition coefficient (Wildman–Crippen LogP) is 1.27.